The Hall–Kier alpha value is -1.40. The van der Waals surface area contributed by atoms with Crippen molar-refractivity contribution in [2.24, 2.45) is 11.1 Å². The van der Waals surface area contributed by atoms with Gasteiger partial charge < -0.3 is 4.90 Å². The number of hydrogen-bond acceptors (Lipinski definition) is 3. The maximum atomic E-state index is 12.4. The fraction of sp³-hybridized carbons (Fsp3) is 0.562. The zero-order valence-corrected chi connectivity index (χ0v) is 14.0. The average Bonchev–Trinajstić information content (AvgIpc) is 2.94. The Balaban J connectivity index is 1.94. The Morgan fingerprint density at radius 2 is 1.95 bits per heavy atom. The largest absolute Gasteiger partial charge is 0.339 e. The van der Waals surface area contributed by atoms with Crippen molar-refractivity contribution in [1.82, 2.24) is 4.90 Å². The number of nitrogens with two attached hydrogens (primary N) is 1. The van der Waals surface area contributed by atoms with Gasteiger partial charge in [-0.25, -0.2) is 13.6 Å². The third-order valence-corrected chi connectivity index (χ3v) is 5.20. The zero-order chi connectivity index (χ0) is 16.3. The topological polar surface area (TPSA) is 80.5 Å². The summed E-state index contributed by atoms with van der Waals surface area (Å²) < 4.78 is 22.4. The van der Waals surface area contributed by atoms with Crippen LogP contribution in [0.5, 0.6) is 0 Å². The van der Waals surface area contributed by atoms with Gasteiger partial charge in [0.1, 0.15) is 0 Å². The van der Waals surface area contributed by atoms with Gasteiger partial charge in [-0.1, -0.05) is 26.0 Å². The lowest BCUT2D eigenvalue weighted by atomic mass is 10.0. The molecule has 1 heterocycles. The second-order valence-corrected chi connectivity index (χ2v) is 7.79. The normalized spacial score (nSPS) is 18.9. The maximum absolute atomic E-state index is 12.4. The van der Waals surface area contributed by atoms with E-state index in [-0.39, 0.29) is 10.8 Å². The molecule has 5 nitrogen and oxygen atoms in total. The molecule has 0 unspecified atom stereocenters. The molecule has 122 valence electrons. The summed E-state index contributed by atoms with van der Waals surface area (Å²) in [6.07, 6.45) is 3.24. The summed E-state index contributed by atoms with van der Waals surface area (Å²) in [5, 5.41) is 5.07. The first-order valence-corrected chi connectivity index (χ1v) is 9.25. The van der Waals surface area contributed by atoms with Crippen LogP contribution in [0.4, 0.5) is 0 Å². The van der Waals surface area contributed by atoms with Gasteiger partial charge in [0, 0.05) is 19.0 Å². The van der Waals surface area contributed by atoms with Crippen molar-refractivity contribution in [3.8, 4) is 0 Å². The number of likely N-dealkylation sites (tertiary alicyclic amines) is 1. The number of primary sulfonamides is 1. The maximum Gasteiger partial charge on any atom is 0.238 e. The van der Waals surface area contributed by atoms with E-state index in [2.05, 4.69) is 13.8 Å². The van der Waals surface area contributed by atoms with E-state index in [9.17, 15) is 13.2 Å². The van der Waals surface area contributed by atoms with Crippen LogP contribution in [0.15, 0.2) is 29.2 Å². The van der Waals surface area contributed by atoms with Crippen LogP contribution in [0, 0.1) is 5.92 Å². The zero-order valence-electron chi connectivity index (χ0n) is 13.2. The van der Waals surface area contributed by atoms with Gasteiger partial charge in [-0.05, 0) is 42.9 Å². The van der Waals surface area contributed by atoms with Crippen molar-refractivity contribution in [2.75, 3.05) is 6.54 Å². The number of aryl methyl sites for hydroxylation is 1. The number of carbonyl (C=O) groups is 1. The van der Waals surface area contributed by atoms with E-state index in [4.69, 9.17) is 5.14 Å². The monoisotopic (exact) mass is 324 g/mol. The fourth-order valence-electron chi connectivity index (χ4n) is 3.04. The summed E-state index contributed by atoms with van der Waals surface area (Å²) in [5.41, 5.74) is 0.945. The minimum absolute atomic E-state index is 0.0991. The number of sulfonamides is 1. The van der Waals surface area contributed by atoms with Crippen molar-refractivity contribution >= 4 is 15.9 Å². The molecule has 1 aromatic rings. The molecule has 0 radical (unpaired) electrons. The molecule has 1 aliphatic heterocycles. The minimum Gasteiger partial charge on any atom is -0.339 e. The second-order valence-electron chi connectivity index (χ2n) is 6.23. The quantitative estimate of drug-likeness (QED) is 0.898. The smallest absolute Gasteiger partial charge is 0.238 e. The Bertz CT molecular complexity index is 623. The van der Waals surface area contributed by atoms with Crippen LogP contribution in [-0.2, 0) is 21.2 Å². The first-order chi connectivity index (χ1) is 10.3. The van der Waals surface area contributed by atoms with Gasteiger partial charge in [-0.3, -0.25) is 4.79 Å². The van der Waals surface area contributed by atoms with Crippen molar-refractivity contribution in [3.05, 3.63) is 29.8 Å². The first kappa shape index (κ1) is 17.0. The molecular formula is C16H24N2O3S. The predicted octanol–water partition coefficient (Wildman–Crippen LogP) is 1.91. The van der Waals surface area contributed by atoms with E-state index in [1.165, 1.54) is 12.1 Å². The van der Waals surface area contributed by atoms with E-state index in [0.717, 1.165) is 24.9 Å². The van der Waals surface area contributed by atoms with Crippen LogP contribution in [0.2, 0.25) is 0 Å². The summed E-state index contributed by atoms with van der Waals surface area (Å²) in [5.74, 6) is 0.673. The lowest BCUT2D eigenvalue weighted by Gasteiger charge is -2.27. The van der Waals surface area contributed by atoms with Crippen molar-refractivity contribution in [2.45, 2.75) is 50.5 Å². The van der Waals surface area contributed by atoms with Crippen LogP contribution < -0.4 is 5.14 Å². The SMILES string of the molecule is CC(C)[C@H]1CCCN1C(=O)CCc1ccc(S(N)(=O)=O)cc1. The lowest BCUT2D eigenvalue weighted by molar-refractivity contribution is -0.132. The van der Waals surface area contributed by atoms with Crippen molar-refractivity contribution in [3.63, 3.8) is 0 Å². The van der Waals surface area contributed by atoms with Crippen LogP contribution in [0.25, 0.3) is 0 Å². The van der Waals surface area contributed by atoms with Crippen molar-refractivity contribution in [1.29, 1.82) is 0 Å². The molecule has 1 amide bonds. The van der Waals surface area contributed by atoms with E-state index in [0.29, 0.717) is 24.8 Å². The number of benzene rings is 1. The van der Waals surface area contributed by atoms with Crippen molar-refractivity contribution < 1.29 is 13.2 Å². The van der Waals surface area contributed by atoms with Gasteiger partial charge in [-0.15, -0.1) is 0 Å². The number of nitrogens with zero attached hydrogens (tertiary/aromatic N) is 1. The van der Waals surface area contributed by atoms with Gasteiger partial charge in [-0.2, -0.15) is 0 Å². The predicted molar refractivity (Wildman–Crippen MR) is 85.7 cm³/mol. The number of hydrogen-bond donors (Lipinski definition) is 1. The number of amides is 1. The molecule has 1 aliphatic rings. The highest BCUT2D eigenvalue weighted by atomic mass is 32.2. The van der Waals surface area contributed by atoms with Gasteiger partial charge in [0.25, 0.3) is 0 Å². The summed E-state index contributed by atoms with van der Waals surface area (Å²) in [4.78, 5) is 14.5. The summed E-state index contributed by atoms with van der Waals surface area (Å²) >= 11 is 0. The molecule has 1 fully saturated rings. The Morgan fingerprint density at radius 1 is 1.32 bits per heavy atom. The molecular weight excluding hydrogens is 300 g/mol. The third-order valence-electron chi connectivity index (χ3n) is 4.27. The molecule has 2 N–H and O–H groups in total. The number of carbonyl (C=O) groups excluding carboxylic acids is 1. The molecule has 0 saturated carbocycles. The van der Waals surface area contributed by atoms with Crippen LogP contribution in [0.1, 0.15) is 38.7 Å². The molecule has 0 bridgehead atoms. The summed E-state index contributed by atoms with van der Waals surface area (Å²) in [6, 6.07) is 6.77. The molecule has 1 saturated heterocycles. The minimum atomic E-state index is -3.66. The second kappa shape index (κ2) is 6.79. The molecule has 0 aliphatic carbocycles. The van der Waals surface area contributed by atoms with Crippen LogP contribution in [0.3, 0.4) is 0 Å². The third kappa shape index (κ3) is 4.08. The molecule has 22 heavy (non-hydrogen) atoms. The van der Waals surface area contributed by atoms with E-state index in [1.807, 2.05) is 4.90 Å². The first-order valence-electron chi connectivity index (χ1n) is 7.70. The summed E-state index contributed by atoms with van der Waals surface area (Å²) in [6.45, 7) is 5.16. The van der Waals surface area contributed by atoms with Gasteiger partial charge in [0.05, 0.1) is 4.90 Å². The molecule has 1 aromatic carbocycles. The van der Waals surface area contributed by atoms with Crippen LogP contribution >= 0.6 is 0 Å². The standard InChI is InChI=1S/C16H24N2O3S/c1-12(2)15-4-3-11-18(15)16(19)10-7-13-5-8-14(9-6-13)22(17,20)21/h5-6,8-9,12,15H,3-4,7,10-11H2,1-2H3,(H2,17,20,21)/t15-/m1/s1. The lowest BCUT2D eigenvalue weighted by Crippen LogP contribution is -2.38. The summed E-state index contributed by atoms with van der Waals surface area (Å²) in [7, 11) is -3.66. The van der Waals surface area contributed by atoms with Crippen LogP contribution in [-0.4, -0.2) is 31.8 Å². The van der Waals surface area contributed by atoms with Gasteiger partial charge in [0.2, 0.25) is 15.9 Å². The van der Waals surface area contributed by atoms with E-state index < -0.39 is 10.0 Å². The molecule has 1 atom stereocenters. The fourth-order valence-corrected chi connectivity index (χ4v) is 3.55. The van der Waals surface area contributed by atoms with Gasteiger partial charge >= 0.3 is 0 Å². The van der Waals surface area contributed by atoms with Gasteiger partial charge in [0.15, 0.2) is 0 Å². The molecule has 0 spiro atoms. The highest BCUT2D eigenvalue weighted by Gasteiger charge is 2.30. The number of rotatable bonds is 5. The van der Waals surface area contributed by atoms with E-state index in [1.54, 1.807) is 12.1 Å². The Labute approximate surface area is 132 Å². The molecule has 6 heteroatoms. The molecule has 2 rings (SSSR count). The Morgan fingerprint density at radius 3 is 2.50 bits per heavy atom. The molecule has 0 aromatic heterocycles. The van der Waals surface area contributed by atoms with E-state index >= 15 is 0 Å². The highest BCUT2D eigenvalue weighted by molar-refractivity contribution is 7.89. The highest BCUT2D eigenvalue weighted by Crippen LogP contribution is 2.24. The Kier molecular flexibility index (Phi) is 5.24. The average molecular weight is 324 g/mol.